The van der Waals surface area contributed by atoms with Gasteiger partial charge in [-0.05, 0) is 31.2 Å². The van der Waals surface area contributed by atoms with E-state index in [1.54, 1.807) is 19.1 Å². The normalized spacial score (nSPS) is 12.7. The minimum atomic E-state index is -3.72. The molecule has 0 amide bonds. The molecular weight excluding hydrogens is 342 g/mol. The Balaban J connectivity index is 1.77. The summed E-state index contributed by atoms with van der Waals surface area (Å²) in [5.41, 5.74) is 0.794. The van der Waals surface area contributed by atoms with Crippen molar-refractivity contribution < 1.29 is 17.7 Å². The molecule has 0 aliphatic rings. The number of nitrogens with one attached hydrogen (secondary N) is 1. The van der Waals surface area contributed by atoms with Gasteiger partial charge in [0.05, 0.1) is 18.0 Å². The molecule has 0 radical (unpaired) electrons. The van der Waals surface area contributed by atoms with E-state index in [2.05, 4.69) is 14.9 Å². The smallest absolute Gasteiger partial charge is 0.244 e. The highest BCUT2D eigenvalue weighted by molar-refractivity contribution is 7.89. The highest BCUT2D eigenvalue weighted by Crippen LogP contribution is 2.21. The second-order valence-electron chi connectivity index (χ2n) is 5.34. The lowest BCUT2D eigenvalue weighted by Crippen LogP contribution is -2.27. The molecule has 0 saturated heterocycles. The highest BCUT2D eigenvalue weighted by atomic mass is 32.2. The van der Waals surface area contributed by atoms with Crippen LogP contribution in [0, 0.1) is 0 Å². The highest BCUT2D eigenvalue weighted by Gasteiger charge is 2.22. The summed E-state index contributed by atoms with van der Waals surface area (Å²) < 4.78 is 37.6. The molecule has 8 heteroatoms. The van der Waals surface area contributed by atoms with E-state index in [9.17, 15) is 8.42 Å². The van der Waals surface area contributed by atoms with Crippen LogP contribution in [-0.4, -0.2) is 25.7 Å². The Morgan fingerprint density at radius 2 is 1.76 bits per heavy atom. The summed E-state index contributed by atoms with van der Waals surface area (Å²) in [5, 5.41) is 3.90. The number of methoxy groups -OCH3 is 1. The number of hydrogen-bond acceptors (Lipinski definition) is 6. The maximum atomic E-state index is 12.5. The van der Waals surface area contributed by atoms with Gasteiger partial charge in [-0.3, -0.25) is 0 Å². The van der Waals surface area contributed by atoms with Crippen LogP contribution in [0.4, 0.5) is 0 Å². The van der Waals surface area contributed by atoms with Gasteiger partial charge in [0.1, 0.15) is 5.75 Å². The van der Waals surface area contributed by atoms with Crippen molar-refractivity contribution in [2.75, 3.05) is 7.11 Å². The third-order valence-corrected chi connectivity index (χ3v) is 5.10. The van der Waals surface area contributed by atoms with Crippen LogP contribution in [0.2, 0.25) is 0 Å². The zero-order chi connectivity index (χ0) is 17.9. The Bertz CT molecular complexity index is 938. The summed E-state index contributed by atoms with van der Waals surface area (Å²) in [5.74, 6) is 1.18. The zero-order valence-electron chi connectivity index (χ0n) is 13.7. The largest absolute Gasteiger partial charge is 0.497 e. The number of hydrogen-bond donors (Lipinski definition) is 1. The van der Waals surface area contributed by atoms with Crippen molar-refractivity contribution in [2.24, 2.45) is 0 Å². The van der Waals surface area contributed by atoms with E-state index in [-0.39, 0.29) is 10.8 Å². The molecule has 130 valence electrons. The monoisotopic (exact) mass is 359 g/mol. The Kier molecular flexibility index (Phi) is 4.82. The lowest BCUT2D eigenvalue weighted by Gasteiger charge is -2.11. The van der Waals surface area contributed by atoms with Crippen molar-refractivity contribution in [3.05, 3.63) is 60.5 Å². The van der Waals surface area contributed by atoms with Gasteiger partial charge >= 0.3 is 0 Å². The van der Waals surface area contributed by atoms with E-state index in [1.165, 1.54) is 19.2 Å². The first kappa shape index (κ1) is 17.1. The molecule has 7 nitrogen and oxygen atoms in total. The molecule has 1 atom stereocenters. The molecule has 3 rings (SSSR count). The minimum absolute atomic E-state index is 0.128. The van der Waals surface area contributed by atoms with Crippen molar-refractivity contribution in [3.63, 3.8) is 0 Å². The predicted molar refractivity (Wildman–Crippen MR) is 91.5 cm³/mol. The summed E-state index contributed by atoms with van der Waals surface area (Å²) in [4.78, 5) is 4.39. The number of benzene rings is 2. The summed E-state index contributed by atoms with van der Waals surface area (Å²) in [7, 11) is -2.20. The number of rotatable bonds is 6. The van der Waals surface area contributed by atoms with E-state index in [4.69, 9.17) is 9.26 Å². The minimum Gasteiger partial charge on any atom is -0.497 e. The van der Waals surface area contributed by atoms with Gasteiger partial charge in [-0.25, -0.2) is 8.42 Å². The van der Waals surface area contributed by atoms with E-state index in [0.29, 0.717) is 11.6 Å². The maximum absolute atomic E-state index is 12.5. The maximum Gasteiger partial charge on any atom is 0.244 e. The number of nitrogens with zero attached hydrogens (tertiary/aromatic N) is 2. The van der Waals surface area contributed by atoms with Gasteiger partial charge in [0, 0.05) is 5.56 Å². The molecule has 3 aromatic rings. The second-order valence-corrected chi connectivity index (χ2v) is 7.05. The third kappa shape index (κ3) is 3.86. The van der Waals surface area contributed by atoms with Gasteiger partial charge in [-0.15, -0.1) is 0 Å². The van der Waals surface area contributed by atoms with Gasteiger partial charge in [0.25, 0.3) is 0 Å². The summed E-state index contributed by atoms with van der Waals surface area (Å²) in [6, 6.07) is 14.7. The average Bonchev–Trinajstić information content (AvgIpc) is 3.12. The number of ether oxygens (including phenoxy) is 1. The van der Waals surface area contributed by atoms with Crippen molar-refractivity contribution in [2.45, 2.75) is 17.9 Å². The van der Waals surface area contributed by atoms with E-state index in [1.807, 2.05) is 30.3 Å². The molecule has 2 aromatic carbocycles. The fraction of sp³-hybridized carbons (Fsp3) is 0.176. The molecule has 1 heterocycles. The fourth-order valence-electron chi connectivity index (χ4n) is 2.22. The van der Waals surface area contributed by atoms with E-state index in [0.717, 1.165) is 5.56 Å². The van der Waals surface area contributed by atoms with Gasteiger partial charge in [0.2, 0.25) is 21.7 Å². The van der Waals surface area contributed by atoms with Crippen LogP contribution in [0.25, 0.3) is 11.4 Å². The Labute approximate surface area is 145 Å². The molecule has 0 fully saturated rings. The van der Waals surface area contributed by atoms with Crippen LogP contribution in [0.1, 0.15) is 18.9 Å². The summed E-state index contributed by atoms with van der Waals surface area (Å²) in [6.07, 6.45) is 0. The lowest BCUT2D eigenvalue weighted by atomic mass is 10.2. The molecule has 0 aliphatic heterocycles. The molecule has 0 spiro atoms. The van der Waals surface area contributed by atoms with Crippen LogP contribution in [0.15, 0.2) is 64.0 Å². The van der Waals surface area contributed by atoms with Gasteiger partial charge in [-0.2, -0.15) is 9.71 Å². The molecule has 0 bridgehead atoms. The zero-order valence-corrected chi connectivity index (χ0v) is 14.5. The molecule has 0 aliphatic carbocycles. The van der Waals surface area contributed by atoms with Gasteiger partial charge in [-0.1, -0.05) is 35.5 Å². The number of aromatic nitrogens is 2. The summed E-state index contributed by atoms with van der Waals surface area (Å²) in [6.45, 7) is 1.64. The van der Waals surface area contributed by atoms with Gasteiger partial charge in [0.15, 0.2) is 0 Å². The van der Waals surface area contributed by atoms with Crippen molar-refractivity contribution in [1.29, 1.82) is 0 Å². The van der Waals surface area contributed by atoms with Crippen LogP contribution in [0.5, 0.6) is 5.75 Å². The quantitative estimate of drug-likeness (QED) is 0.727. The van der Waals surface area contributed by atoms with Crippen LogP contribution < -0.4 is 9.46 Å². The molecule has 25 heavy (non-hydrogen) atoms. The lowest BCUT2D eigenvalue weighted by molar-refractivity contribution is 0.354. The average molecular weight is 359 g/mol. The molecular formula is C17H17N3O4S. The van der Waals surface area contributed by atoms with Crippen molar-refractivity contribution in [1.82, 2.24) is 14.9 Å². The first-order valence-corrected chi connectivity index (χ1v) is 9.03. The second kappa shape index (κ2) is 7.04. The number of sulfonamides is 1. The SMILES string of the molecule is COc1ccc(S(=O)(=O)N[C@@H](C)c2nc(-c3ccccc3)no2)cc1. The molecule has 0 unspecified atom stereocenters. The topological polar surface area (TPSA) is 94.3 Å². The molecule has 0 saturated carbocycles. The van der Waals surface area contributed by atoms with Crippen LogP contribution in [0.3, 0.4) is 0 Å². The van der Waals surface area contributed by atoms with Crippen LogP contribution >= 0.6 is 0 Å². The molecule has 1 aromatic heterocycles. The van der Waals surface area contributed by atoms with Crippen LogP contribution in [-0.2, 0) is 10.0 Å². The first-order valence-electron chi connectivity index (χ1n) is 7.55. The predicted octanol–water partition coefficient (Wildman–Crippen LogP) is 2.78. The third-order valence-electron chi connectivity index (χ3n) is 3.55. The molecule has 1 N–H and O–H groups in total. The fourth-order valence-corrected chi connectivity index (χ4v) is 3.42. The Hall–Kier alpha value is -2.71. The van der Waals surface area contributed by atoms with Crippen molar-refractivity contribution in [3.8, 4) is 17.1 Å². The summed E-state index contributed by atoms with van der Waals surface area (Å²) >= 11 is 0. The van der Waals surface area contributed by atoms with E-state index >= 15 is 0 Å². The van der Waals surface area contributed by atoms with Gasteiger partial charge < -0.3 is 9.26 Å². The Morgan fingerprint density at radius 3 is 2.40 bits per heavy atom. The van der Waals surface area contributed by atoms with Crippen molar-refractivity contribution >= 4 is 10.0 Å². The standard InChI is InChI=1S/C17H17N3O4S/c1-12(17-18-16(19-24-17)13-6-4-3-5-7-13)20-25(21,22)15-10-8-14(23-2)9-11-15/h3-12,20H,1-2H3/t12-/m0/s1. The first-order chi connectivity index (χ1) is 12.0. The Morgan fingerprint density at radius 1 is 1.08 bits per heavy atom. The van der Waals surface area contributed by atoms with E-state index < -0.39 is 16.1 Å².